The molecular weight excluding hydrogens is 304 g/mol. The van der Waals surface area contributed by atoms with E-state index in [4.69, 9.17) is 12.2 Å². The highest BCUT2D eigenvalue weighted by atomic mass is 32.1. The second kappa shape index (κ2) is 8.06. The second-order valence-electron chi connectivity index (χ2n) is 5.75. The summed E-state index contributed by atoms with van der Waals surface area (Å²) in [5.74, 6) is -0.139. The van der Waals surface area contributed by atoms with Crippen LogP contribution in [-0.2, 0) is 11.2 Å². The van der Waals surface area contributed by atoms with E-state index in [9.17, 15) is 4.79 Å². The van der Waals surface area contributed by atoms with Crippen LogP contribution in [0.5, 0.6) is 0 Å². The van der Waals surface area contributed by atoms with E-state index in [1.807, 2.05) is 37.8 Å². The van der Waals surface area contributed by atoms with Crippen molar-refractivity contribution in [2.75, 3.05) is 13.1 Å². The average molecular weight is 328 g/mol. The van der Waals surface area contributed by atoms with Gasteiger partial charge in [-0.3, -0.25) is 4.79 Å². The maximum absolute atomic E-state index is 12.3. The van der Waals surface area contributed by atoms with Gasteiger partial charge in [0.1, 0.15) is 0 Å². The summed E-state index contributed by atoms with van der Waals surface area (Å²) < 4.78 is 0. The Balaban J connectivity index is 2.00. The first-order valence-corrected chi connectivity index (χ1v) is 8.53. The Kier molecular flexibility index (Phi) is 6.11. The van der Waals surface area contributed by atoms with Crippen LogP contribution in [0.2, 0.25) is 0 Å². The fraction of sp³-hybridized carbons (Fsp3) is 0.368. The monoisotopic (exact) mass is 328 g/mol. The van der Waals surface area contributed by atoms with Gasteiger partial charge < -0.3 is 10.2 Å². The fourth-order valence-corrected chi connectivity index (χ4v) is 2.99. The number of nitrogens with zero attached hydrogens (tertiary/aromatic N) is 1. The van der Waals surface area contributed by atoms with Crippen LogP contribution in [0, 0.1) is 5.92 Å². The molecule has 122 valence electrons. The molecule has 0 aromatic heterocycles. The van der Waals surface area contributed by atoms with Crippen molar-refractivity contribution in [1.29, 1.82) is 0 Å². The first-order chi connectivity index (χ1) is 11.0. The molecule has 0 fully saturated rings. The lowest BCUT2D eigenvalue weighted by Crippen LogP contribution is -2.44. The van der Waals surface area contributed by atoms with Crippen LogP contribution in [0.4, 0.5) is 0 Å². The van der Waals surface area contributed by atoms with Gasteiger partial charge in [0.25, 0.3) is 0 Å². The van der Waals surface area contributed by atoms with Gasteiger partial charge in [-0.1, -0.05) is 49.4 Å². The number of thiocarbonyl (C=S) groups is 1. The van der Waals surface area contributed by atoms with Crippen molar-refractivity contribution in [2.24, 2.45) is 5.92 Å². The minimum atomic E-state index is -0.121. The van der Waals surface area contributed by atoms with Gasteiger partial charge in [0.05, 0.1) is 0 Å². The van der Waals surface area contributed by atoms with Gasteiger partial charge in [-0.2, -0.15) is 0 Å². The maximum Gasteiger partial charge on any atom is 0.229 e. The van der Waals surface area contributed by atoms with E-state index in [0.717, 1.165) is 13.1 Å². The van der Waals surface area contributed by atoms with Crippen molar-refractivity contribution < 1.29 is 4.79 Å². The van der Waals surface area contributed by atoms with E-state index in [1.165, 1.54) is 16.3 Å². The zero-order chi connectivity index (χ0) is 16.8. The number of carbonyl (C=O) groups excluding carboxylic acids is 1. The molecular formula is C19H24N2OS. The Morgan fingerprint density at radius 1 is 1.13 bits per heavy atom. The van der Waals surface area contributed by atoms with E-state index < -0.39 is 0 Å². The van der Waals surface area contributed by atoms with Gasteiger partial charge >= 0.3 is 0 Å². The highest BCUT2D eigenvalue weighted by molar-refractivity contribution is 7.80. The molecule has 0 saturated heterocycles. The molecule has 0 bridgehead atoms. The number of carbonyl (C=O) groups is 1. The predicted molar refractivity (Wildman–Crippen MR) is 100 cm³/mol. The van der Waals surface area contributed by atoms with Gasteiger partial charge in [-0.25, -0.2) is 0 Å². The average Bonchev–Trinajstić information content (AvgIpc) is 2.55. The second-order valence-corrected chi connectivity index (χ2v) is 6.14. The van der Waals surface area contributed by atoms with Crippen LogP contribution < -0.4 is 5.32 Å². The van der Waals surface area contributed by atoms with Gasteiger partial charge in [0.15, 0.2) is 5.11 Å². The third kappa shape index (κ3) is 4.52. The minimum absolute atomic E-state index is 0.0185. The number of amides is 1. The topological polar surface area (TPSA) is 32.3 Å². The molecule has 2 aromatic carbocycles. The van der Waals surface area contributed by atoms with Crippen molar-refractivity contribution >= 4 is 34.0 Å². The Labute approximate surface area is 143 Å². The lowest BCUT2D eigenvalue weighted by atomic mass is 9.98. The van der Waals surface area contributed by atoms with Gasteiger partial charge in [-0.15, -0.1) is 0 Å². The zero-order valence-corrected chi connectivity index (χ0v) is 14.8. The van der Waals surface area contributed by atoms with Gasteiger partial charge in [0.2, 0.25) is 5.91 Å². The molecule has 1 N–H and O–H groups in total. The van der Waals surface area contributed by atoms with E-state index in [2.05, 4.69) is 35.6 Å². The Hall–Kier alpha value is -1.94. The molecule has 0 heterocycles. The van der Waals surface area contributed by atoms with E-state index in [-0.39, 0.29) is 11.8 Å². The van der Waals surface area contributed by atoms with E-state index in [1.54, 1.807) is 0 Å². The summed E-state index contributed by atoms with van der Waals surface area (Å²) >= 11 is 5.29. The summed E-state index contributed by atoms with van der Waals surface area (Å²) in [6, 6.07) is 14.6. The van der Waals surface area contributed by atoms with Gasteiger partial charge in [-0.05, 0) is 48.8 Å². The van der Waals surface area contributed by atoms with Crippen LogP contribution in [0.25, 0.3) is 10.8 Å². The normalized spacial score (nSPS) is 12.0. The maximum atomic E-state index is 12.3. The van der Waals surface area contributed by atoms with Gasteiger partial charge in [0, 0.05) is 19.0 Å². The van der Waals surface area contributed by atoms with E-state index >= 15 is 0 Å². The Bertz CT molecular complexity index is 695. The highest BCUT2D eigenvalue weighted by Gasteiger charge is 2.16. The lowest BCUT2D eigenvalue weighted by molar-refractivity contribution is -0.123. The molecule has 3 nitrogen and oxygen atoms in total. The quantitative estimate of drug-likeness (QED) is 0.848. The summed E-state index contributed by atoms with van der Waals surface area (Å²) in [5.41, 5.74) is 1.17. The summed E-state index contributed by atoms with van der Waals surface area (Å²) in [7, 11) is 0. The van der Waals surface area contributed by atoms with Crippen LogP contribution in [0.15, 0.2) is 42.5 Å². The largest absolute Gasteiger partial charge is 0.350 e. The zero-order valence-electron chi connectivity index (χ0n) is 14.0. The van der Waals surface area contributed by atoms with Crippen molar-refractivity contribution in [1.82, 2.24) is 10.2 Å². The lowest BCUT2D eigenvalue weighted by Gasteiger charge is -2.23. The third-order valence-corrected chi connectivity index (χ3v) is 4.44. The molecule has 4 heteroatoms. The summed E-state index contributed by atoms with van der Waals surface area (Å²) in [6.07, 6.45) is 0.706. The first kappa shape index (κ1) is 17.4. The first-order valence-electron chi connectivity index (χ1n) is 8.12. The number of hydrogen-bond acceptors (Lipinski definition) is 2. The molecule has 2 rings (SSSR count). The van der Waals surface area contributed by atoms with Crippen molar-refractivity contribution in [2.45, 2.75) is 27.2 Å². The molecule has 0 unspecified atom stereocenters. The molecule has 23 heavy (non-hydrogen) atoms. The number of rotatable bonds is 5. The summed E-state index contributed by atoms with van der Waals surface area (Å²) in [4.78, 5) is 14.3. The molecule has 2 aromatic rings. The smallest absolute Gasteiger partial charge is 0.229 e. The number of benzene rings is 2. The minimum Gasteiger partial charge on any atom is -0.350 e. The SMILES string of the molecule is CCN(CC)C(=S)NC(=O)[C@H](C)Cc1ccc2ccccc2c1. The highest BCUT2D eigenvalue weighted by Crippen LogP contribution is 2.18. The number of hydrogen-bond donors (Lipinski definition) is 1. The van der Waals surface area contributed by atoms with Crippen LogP contribution >= 0.6 is 12.2 Å². The van der Waals surface area contributed by atoms with Crippen LogP contribution in [0.1, 0.15) is 26.3 Å². The molecule has 1 atom stereocenters. The van der Waals surface area contributed by atoms with E-state index in [0.29, 0.717) is 11.5 Å². The fourth-order valence-electron chi connectivity index (χ4n) is 2.63. The molecule has 0 aliphatic rings. The van der Waals surface area contributed by atoms with Crippen LogP contribution in [0.3, 0.4) is 0 Å². The number of nitrogens with one attached hydrogen (secondary N) is 1. The number of fused-ring (bicyclic) bond motifs is 1. The molecule has 0 spiro atoms. The predicted octanol–water partition coefficient (Wildman–Crippen LogP) is 3.76. The summed E-state index contributed by atoms with van der Waals surface area (Å²) in [5, 5.41) is 5.80. The standard InChI is InChI=1S/C19H24N2OS/c1-4-21(5-2)19(23)20-18(22)14(3)12-15-10-11-16-8-6-7-9-17(16)13-15/h6-11,13-14H,4-5,12H2,1-3H3,(H,20,22,23)/t14-/m1/s1. The molecule has 0 saturated carbocycles. The molecule has 0 radical (unpaired) electrons. The molecule has 1 amide bonds. The molecule has 0 aliphatic heterocycles. The van der Waals surface area contributed by atoms with Crippen molar-refractivity contribution in [3.8, 4) is 0 Å². The Morgan fingerprint density at radius 3 is 2.43 bits per heavy atom. The summed E-state index contributed by atoms with van der Waals surface area (Å²) in [6.45, 7) is 7.60. The van der Waals surface area contributed by atoms with Crippen molar-refractivity contribution in [3.05, 3.63) is 48.0 Å². The van der Waals surface area contributed by atoms with Crippen molar-refractivity contribution in [3.63, 3.8) is 0 Å². The third-order valence-electron chi connectivity index (χ3n) is 4.08. The Morgan fingerprint density at radius 2 is 1.78 bits per heavy atom. The molecule has 0 aliphatic carbocycles. The van der Waals surface area contributed by atoms with Crippen LogP contribution in [-0.4, -0.2) is 29.0 Å².